The zero-order chi connectivity index (χ0) is 20.1. The van der Waals surface area contributed by atoms with Crippen LogP contribution in [0.4, 0.5) is 0 Å². The van der Waals surface area contributed by atoms with Crippen molar-refractivity contribution in [2.75, 3.05) is 20.5 Å². The summed E-state index contributed by atoms with van der Waals surface area (Å²) >= 11 is 0. The third kappa shape index (κ3) is 4.54. The Morgan fingerprint density at radius 2 is 2.07 bits per heavy atom. The molecule has 0 saturated heterocycles. The number of fused-ring (bicyclic) bond motifs is 1. The zero-order valence-electron chi connectivity index (χ0n) is 16.4. The van der Waals surface area contributed by atoms with E-state index in [9.17, 15) is 4.79 Å². The Morgan fingerprint density at radius 3 is 2.82 bits per heavy atom. The van der Waals surface area contributed by atoms with Crippen LogP contribution in [0.3, 0.4) is 0 Å². The third-order valence-electron chi connectivity index (χ3n) is 4.23. The van der Waals surface area contributed by atoms with Gasteiger partial charge in [-0.1, -0.05) is 26.0 Å². The lowest BCUT2D eigenvalue weighted by atomic mass is 10.0. The van der Waals surface area contributed by atoms with Crippen LogP contribution < -0.4 is 24.4 Å². The first-order valence-corrected chi connectivity index (χ1v) is 9.01. The summed E-state index contributed by atoms with van der Waals surface area (Å²) in [5.41, 5.74) is 5.32. The molecule has 0 aromatic heterocycles. The van der Waals surface area contributed by atoms with Crippen molar-refractivity contribution in [2.45, 2.75) is 26.7 Å². The molecule has 0 bridgehead atoms. The summed E-state index contributed by atoms with van der Waals surface area (Å²) in [5, 5.41) is 3.97. The first-order valence-electron chi connectivity index (χ1n) is 9.01. The van der Waals surface area contributed by atoms with E-state index in [0.29, 0.717) is 28.7 Å². The molecule has 7 nitrogen and oxygen atoms in total. The van der Waals surface area contributed by atoms with Crippen LogP contribution in [0.5, 0.6) is 23.0 Å². The topological polar surface area (TPSA) is 78.4 Å². The Hall–Kier alpha value is -3.22. The molecule has 7 heteroatoms. The highest BCUT2D eigenvalue weighted by Gasteiger charge is 2.19. The minimum Gasteiger partial charge on any atom is -0.493 e. The molecule has 0 spiro atoms. The van der Waals surface area contributed by atoms with Crippen molar-refractivity contribution in [1.82, 2.24) is 5.43 Å². The number of methoxy groups -OCH3 is 1. The summed E-state index contributed by atoms with van der Waals surface area (Å²) in [6, 6.07) is 9.51. The minimum absolute atomic E-state index is 0.120. The van der Waals surface area contributed by atoms with Crippen LogP contribution in [-0.4, -0.2) is 32.6 Å². The highest BCUT2D eigenvalue weighted by atomic mass is 16.7. The van der Waals surface area contributed by atoms with Gasteiger partial charge < -0.3 is 18.9 Å². The second-order valence-electron chi connectivity index (χ2n) is 6.73. The highest BCUT2D eigenvalue weighted by Crippen LogP contribution is 2.41. The van der Waals surface area contributed by atoms with Gasteiger partial charge in [-0.15, -0.1) is 0 Å². The van der Waals surface area contributed by atoms with Gasteiger partial charge in [0.2, 0.25) is 12.5 Å². The first kappa shape index (κ1) is 19.5. The van der Waals surface area contributed by atoms with Crippen molar-refractivity contribution in [3.63, 3.8) is 0 Å². The second-order valence-corrected chi connectivity index (χ2v) is 6.73. The Kier molecular flexibility index (Phi) is 6.03. The van der Waals surface area contributed by atoms with Crippen molar-refractivity contribution in [1.29, 1.82) is 0 Å². The molecule has 0 radical (unpaired) electrons. The number of nitrogens with one attached hydrogen (secondary N) is 1. The molecule has 0 unspecified atom stereocenters. The van der Waals surface area contributed by atoms with Crippen molar-refractivity contribution in [3.05, 3.63) is 47.0 Å². The highest BCUT2D eigenvalue weighted by molar-refractivity contribution is 5.84. The van der Waals surface area contributed by atoms with E-state index in [1.807, 2.05) is 25.1 Å². The average molecular weight is 384 g/mol. The second kappa shape index (κ2) is 8.65. The maximum absolute atomic E-state index is 12.1. The lowest BCUT2D eigenvalue weighted by Gasteiger charge is -2.14. The molecule has 1 aliphatic heterocycles. The van der Waals surface area contributed by atoms with Crippen LogP contribution in [0, 0.1) is 6.92 Å². The summed E-state index contributed by atoms with van der Waals surface area (Å²) in [5.74, 6) is 2.37. The van der Waals surface area contributed by atoms with Gasteiger partial charge in [0.1, 0.15) is 5.75 Å². The number of ether oxygens (including phenoxy) is 4. The van der Waals surface area contributed by atoms with Gasteiger partial charge in [0, 0.05) is 5.56 Å². The number of carbonyl (C=O) groups excluding carboxylic acids is 1. The number of hydrazone groups is 1. The van der Waals surface area contributed by atoms with Gasteiger partial charge in [-0.2, -0.15) is 5.10 Å². The van der Waals surface area contributed by atoms with Crippen molar-refractivity contribution >= 4 is 12.1 Å². The fourth-order valence-corrected chi connectivity index (χ4v) is 2.82. The number of benzene rings is 2. The fraction of sp³-hybridized carbons (Fsp3) is 0.333. The zero-order valence-corrected chi connectivity index (χ0v) is 16.4. The number of rotatable bonds is 7. The van der Waals surface area contributed by atoms with Gasteiger partial charge in [0.15, 0.2) is 18.1 Å². The van der Waals surface area contributed by atoms with Gasteiger partial charge in [-0.25, -0.2) is 5.43 Å². The molecule has 28 heavy (non-hydrogen) atoms. The number of carbonyl (C=O) groups is 1. The SMILES string of the molecule is COc1cc(/C=N\NC(=O)COc2cc(C)ccc2C(C)C)cc2c1OCO2. The summed E-state index contributed by atoms with van der Waals surface area (Å²) in [6.07, 6.45) is 1.51. The van der Waals surface area contributed by atoms with Gasteiger partial charge in [0.05, 0.1) is 13.3 Å². The third-order valence-corrected chi connectivity index (χ3v) is 4.23. The van der Waals surface area contributed by atoms with Crippen LogP contribution in [-0.2, 0) is 4.79 Å². The molecular formula is C21H24N2O5. The summed E-state index contributed by atoms with van der Waals surface area (Å²) < 4.78 is 21.7. The average Bonchev–Trinajstić information content (AvgIpc) is 3.14. The molecule has 1 heterocycles. The van der Waals surface area contributed by atoms with E-state index in [0.717, 1.165) is 16.9 Å². The monoisotopic (exact) mass is 384 g/mol. The molecule has 1 aliphatic rings. The molecule has 1 N–H and O–H groups in total. The van der Waals surface area contributed by atoms with Gasteiger partial charge >= 0.3 is 0 Å². The molecule has 2 aromatic carbocycles. The smallest absolute Gasteiger partial charge is 0.277 e. The quantitative estimate of drug-likeness (QED) is 0.585. The molecule has 0 atom stereocenters. The van der Waals surface area contributed by atoms with Crippen molar-refractivity contribution in [3.8, 4) is 23.0 Å². The Bertz CT molecular complexity index is 893. The molecule has 0 aliphatic carbocycles. The standard InChI is InChI=1S/C21H24N2O5/c1-13(2)16-6-5-14(3)7-17(16)26-11-20(24)23-22-10-15-8-18(25-4)21-19(9-15)27-12-28-21/h5-10,13H,11-12H2,1-4H3,(H,23,24)/b22-10-. The van der Waals surface area contributed by atoms with E-state index < -0.39 is 0 Å². The largest absolute Gasteiger partial charge is 0.493 e. The maximum atomic E-state index is 12.1. The minimum atomic E-state index is -0.347. The molecule has 3 rings (SSSR count). The predicted octanol–water partition coefficient (Wildman–Crippen LogP) is 3.38. The number of hydrogen-bond acceptors (Lipinski definition) is 6. The van der Waals surface area contributed by atoms with Crippen molar-refractivity contribution in [2.24, 2.45) is 5.10 Å². The lowest BCUT2D eigenvalue weighted by Crippen LogP contribution is -2.25. The lowest BCUT2D eigenvalue weighted by molar-refractivity contribution is -0.123. The molecular weight excluding hydrogens is 360 g/mol. The Labute approximate surface area is 164 Å². The van der Waals surface area contributed by atoms with E-state index in [1.165, 1.54) is 6.21 Å². The maximum Gasteiger partial charge on any atom is 0.277 e. The van der Waals surface area contributed by atoms with Crippen LogP contribution >= 0.6 is 0 Å². The van der Waals surface area contributed by atoms with Gasteiger partial charge in [-0.05, 0) is 42.2 Å². The van der Waals surface area contributed by atoms with Crippen LogP contribution in [0.15, 0.2) is 35.4 Å². The van der Waals surface area contributed by atoms with Gasteiger partial charge in [-0.3, -0.25) is 4.79 Å². The Balaban J connectivity index is 1.59. The number of amides is 1. The Morgan fingerprint density at radius 1 is 1.25 bits per heavy atom. The van der Waals surface area contributed by atoms with Crippen molar-refractivity contribution < 1.29 is 23.7 Å². The number of nitrogens with zero attached hydrogens (tertiary/aromatic N) is 1. The molecule has 0 saturated carbocycles. The fourth-order valence-electron chi connectivity index (χ4n) is 2.82. The van der Waals surface area contributed by atoms with E-state index >= 15 is 0 Å². The van der Waals surface area contributed by atoms with E-state index in [1.54, 1.807) is 19.2 Å². The molecule has 0 fully saturated rings. The van der Waals surface area contributed by atoms with Crippen LogP contribution in [0.2, 0.25) is 0 Å². The predicted molar refractivity (Wildman–Crippen MR) is 106 cm³/mol. The first-order chi connectivity index (χ1) is 13.5. The van der Waals surface area contributed by atoms with E-state index in [-0.39, 0.29) is 19.3 Å². The summed E-state index contributed by atoms with van der Waals surface area (Å²) in [6.45, 7) is 6.19. The summed E-state index contributed by atoms with van der Waals surface area (Å²) in [4.78, 5) is 12.1. The number of aryl methyl sites for hydroxylation is 1. The number of hydrogen-bond donors (Lipinski definition) is 1. The molecule has 2 aromatic rings. The van der Waals surface area contributed by atoms with E-state index in [2.05, 4.69) is 24.4 Å². The van der Waals surface area contributed by atoms with Crippen LogP contribution in [0.25, 0.3) is 0 Å². The normalized spacial score (nSPS) is 12.5. The molecule has 148 valence electrons. The van der Waals surface area contributed by atoms with Gasteiger partial charge in [0.25, 0.3) is 5.91 Å². The molecule has 1 amide bonds. The van der Waals surface area contributed by atoms with E-state index in [4.69, 9.17) is 18.9 Å². The van der Waals surface area contributed by atoms with Crippen LogP contribution in [0.1, 0.15) is 36.5 Å². The summed E-state index contributed by atoms with van der Waals surface area (Å²) in [7, 11) is 1.55.